The summed E-state index contributed by atoms with van der Waals surface area (Å²) in [5.41, 5.74) is 1.98. The van der Waals surface area contributed by atoms with Gasteiger partial charge in [-0.05, 0) is 46.8 Å². The Morgan fingerprint density at radius 3 is 2.24 bits per heavy atom. The van der Waals surface area contributed by atoms with Crippen LogP contribution in [0.15, 0.2) is 18.3 Å². The number of hydrogen-bond acceptors (Lipinski definition) is 7. The number of aromatic nitrogens is 4. The summed E-state index contributed by atoms with van der Waals surface area (Å²) < 4.78 is 0. The number of anilines is 2. The van der Waals surface area contributed by atoms with E-state index in [0.717, 1.165) is 36.2 Å². The van der Waals surface area contributed by atoms with Gasteiger partial charge in [0.05, 0.1) is 0 Å². The van der Waals surface area contributed by atoms with Gasteiger partial charge in [-0.1, -0.05) is 0 Å². The second-order valence-electron chi connectivity index (χ2n) is 6.91. The molecular weight excluding hydrogens is 316 g/mol. The molecule has 0 aliphatic carbocycles. The van der Waals surface area contributed by atoms with Gasteiger partial charge in [-0.2, -0.15) is 0 Å². The third-order valence-electron chi connectivity index (χ3n) is 4.48. The molecule has 7 nitrogen and oxygen atoms in total. The molecule has 1 N–H and O–H groups in total. The van der Waals surface area contributed by atoms with Gasteiger partial charge in [-0.15, -0.1) is 0 Å². The fourth-order valence-electron chi connectivity index (χ4n) is 3.47. The number of aliphatic hydroxyl groups excluding tert-OH is 1. The molecule has 1 saturated heterocycles. The number of aryl methyl sites for hydroxylation is 2. The predicted octanol–water partition coefficient (Wildman–Crippen LogP) is 2.04. The normalized spacial score (nSPS) is 22.2. The first-order chi connectivity index (χ1) is 11.8. The van der Waals surface area contributed by atoms with E-state index in [0.29, 0.717) is 5.82 Å². The number of nitrogens with zero attached hydrogens (tertiary/aromatic N) is 6. The molecule has 25 heavy (non-hydrogen) atoms. The van der Waals surface area contributed by atoms with Gasteiger partial charge in [0.25, 0.3) is 0 Å². The quantitative estimate of drug-likeness (QED) is 0.914. The van der Waals surface area contributed by atoms with E-state index in [1.54, 1.807) is 13.1 Å². The number of hydrogen-bond donors (Lipinski definition) is 1. The lowest BCUT2D eigenvalue weighted by Crippen LogP contribution is -2.58. The number of piperazine rings is 1. The van der Waals surface area contributed by atoms with E-state index in [1.807, 2.05) is 26.0 Å². The average molecular weight is 342 g/mol. The molecule has 2 aromatic rings. The van der Waals surface area contributed by atoms with Crippen molar-refractivity contribution in [2.45, 2.75) is 52.8 Å². The lowest BCUT2D eigenvalue weighted by atomic mass is 10.1. The molecule has 0 saturated carbocycles. The van der Waals surface area contributed by atoms with Crippen molar-refractivity contribution in [2.24, 2.45) is 0 Å². The minimum atomic E-state index is -0.667. The molecule has 3 rings (SSSR count). The topological polar surface area (TPSA) is 78.3 Å². The zero-order valence-electron chi connectivity index (χ0n) is 15.5. The lowest BCUT2D eigenvalue weighted by molar-refractivity contribution is 0.189. The second kappa shape index (κ2) is 6.92. The molecule has 0 spiro atoms. The van der Waals surface area contributed by atoms with Gasteiger partial charge in [-0.3, -0.25) is 0 Å². The van der Waals surface area contributed by atoms with Crippen LogP contribution < -0.4 is 9.80 Å². The molecule has 0 aromatic carbocycles. The first-order valence-electron chi connectivity index (χ1n) is 8.71. The van der Waals surface area contributed by atoms with Gasteiger partial charge in [0, 0.05) is 42.8 Å². The monoisotopic (exact) mass is 342 g/mol. The maximum absolute atomic E-state index is 9.72. The minimum Gasteiger partial charge on any atom is -0.385 e. The lowest BCUT2D eigenvalue weighted by Gasteiger charge is -2.45. The molecule has 2 aromatic heterocycles. The third-order valence-corrected chi connectivity index (χ3v) is 4.48. The maximum atomic E-state index is 9.72. The van der Waals surface area contributed by atoms with Gasteiger partial charge in [-0.25, -0.2) is 19.9 Å². The van der Waals surface area contributed by atoms with Crippen LogP contribution in [0.1, 0.15) is 44.1 Å². The Hall–Kier alpha value is -2.28. The fraction of sp³-hybridized carbons (Fsp3) is 0.556. The smallest absolute Gasteiger partial charge is 0.226 e. The molecule has 1 aliphatic heterocycles. The summed E-state index contributed by atoms with van der Waals surface area (Å²) in [7, 11) is 0. The summed E-state index contributed by atoms with van der Waals surface area (Å²) in [6.07, 6.45) is 1.04. The molecule has 3 atom stereocenters. The van der Waals surface area contributed by atoms with Crippen LogP contribution in [0.3, 0.4) is 0 Å². The fourth-order valence-corrected chi connectivity index (χ4v) is 3.47. The van der Waals surface area contributed by atoms with Crippen LogP contribution in [0, 0.1) is 13.8 Å². The Labute approximate surface area is 148 Å². The molecule has 1 aliphatic rings. The zero-order chi connectivity index (χ0) is 18.1. The average Bonchev–Trinajstić information content (AvgIpc) is 2.53. The molecule has 0 amide bonds. The van der Waals surface area contributed by atoms with Crippen LogP contribution in [0.25, 0.3) is 0 Å². The molecule has 0 bridgehead atoms. The Morgan fingerprint density at radius 2 is 1.68 bits per heavy atom. The highest BCUT2D eigenvalue weighted by molar-refractivity contribution is 5.45. The van der Waals surface area contributed by atoms with Crippen molar-refractivity contribution < 1.29 is 5.11 Å². The first kappa shape index (κ1) is 17.5. The van der Waals surface area contributed by atoms with Crippen LogP contribution in [0.2, 0.25) is 0 Å². The summed E-state index contributed by atoms with van der Waals surface area (Å²) in [5, 5.41) is 9.72. The summed E-state index contributed by atoms with van der Waals surface area (Å²) in [4.78, 5) is 22.4. The molecule has 134 valence electrons. The van der Waals surface area contributed by atoms with E-state index < -0.39 is 6.10 Å². The van der Waals surface area contributed by atoms with Crippen LogP contribution in [-0.2, 0) is 0 Å². The van der Waals surface area contributed by atoms with Gasteiger partial charge in [0.15, 0.2) is 5.82 Å². The zero-order valence-corrected chi connectivity index (χ0v) is 15.5. The van der Waals surface area contributed by atoms with E-state index >= 15 is 0 Å². The van der Waals surface area contributed by atoms with Crippen molar-refractivity contribution in [3.05, 3.63) is 35.5 Å². The molecule has 0 unspecified atom stereocenters. The van der Waals surface area contributed by atoms with E-state index in [2.05, 4.69) is 43.6 Å². The Bertz CT molecular complexity index is 718. The van der Waals surface area contributed by atoms with E-state index in [-0.39, 0.29) is 12.1 Å². The van der Waals surface area contributed by atoms with Crippen LogP contribution in [-0.4, -0.2) is 50.2 Å². The first-order valence-corrected chi connectivity index (χ1v) is 8.71. The van der Waals surface area contributed by atoms with Crippen LogP contribution >= 0.6 is 0 Å². The Morgan fingerprint density at radius 1 is 1.08 bits per heavy atom. The third kappa shape index (κ3) is 3.71. The molecule has 1 fully saturated rings. The number of rotatable bonds is 3. The minimum absolute atomic E-state index is 0.245. The highest BCUT2D eigenvalue weighted by atomic mass is 16.3. The van der Waals surface area contributed by atoms with Crippen LogP contribution in [0.5, 0.6) is 0 Å². The van der Waals surface area contributed by atoms with E-state index in [1.165, 1.54) is 0 Å². The van der Waals surface area contributed by atoms with E-state index in [9.17, 15) is 5.11 Å². The van der Waals surface area contributed by atoms with Crippen molar-refractivity contribution in [1.29, 1.82) is 0 Å². The summed E-state index contributed by atoms with van der Waals surface area (Å²) in [6.45, 7) is 11.7. The van der Waals surface area contributed by atoms with E-state index in [4.69, 9.17) is 0 Å². The summed E-state index contributed by atoms with van der Waals surface area (Å²) in [5.74, 6) is 2.10. The largest absolute Gasteiger partial charge is 0.385 e. The van der Waals surface area contributed by atoms with Crippen molar-refractivity contribution >= 4 is 11.8 Å². The van der Waals surface area contributed by atoms with Crippen molar-refractivity contribution in [2.75, 3.05) is 22.9 Å². The highest BCUT2D eigenvalue weighted by Gasteiger charge is 2.32. The van der Waals surface area contributed by atoms with Crippen molar-refractivity contribution in [3.8, 4) is 0 Å². The van der Waals surface area contributed by atoms with Gasteiger partial charge < -0.3 is 14.9 Å². The SMILES string of the molecule is Cc1cc(C)nc(N2[C@H](C)CN(c3ccnc([C@@H](C)O)n3)C[C@@H]2C)n1. The molecule has 3 heterocycles. The second-order valence-corrected chi connectivity index (χ2v) is 6.91. The van der Waals surface area contributed by atoms with Gasteiger partial charge in [0.1, 0.15) is 11.9 Å². The van der Waals surface area contributed by atoms with Crippen LogP contribution in [0.4, 0.5) is 11.8 Å². The number of aliphatic hydroxyl groups is 1. The highest BCUT2D eigenvalue weighted by Crippen LogP contribution is 2.25. The molecule has 7 heteroatoms. The molecular formula is C18H26N6O. The summed E-state index contributed by atoms with van der Waals surface area (Å²) in [6, 6.07) is 4.38. The standard InChI is InChI=1S/C18H26N6O/c1-11-8-12(2)21-18(20-11)24-13(3)9-23(10-14(24)4)16-6-7-19-17(22-16)15(5)25/h6-8,13-15,25H,9-10H2,1-5H3/t13-,14+,15-/m1/s1. The Kier molecular flexibility index (Phi) is 4.85. The predicted molar refractivity (Wildman–Crippen MR) is 97.8 cm³/mol. The van der Waals surface area contributed by atoms with Crippen molar-refractivity contribution in [1.82, 2.24) is 19.9 Å². The Balaban J connectivity index is 1.83. The van der Waals surface area contributed by atoms with Gasteiger partial charge in [0.2, 0.25) is 5.95 Å². The van der Waals surface area contributed by atoms with Gasteiger partial charge >= 0.3 is 0 Å². The summed E-state index contributed by atoms with van der Waals surface area (Å²) >= 11 is 0. The maximum Gasteiger partial charge on any atom is 0.226 e. The molecule has 0 radical (unpaired) electrons. The van der Waals surface area contributed by atoms with Crippen molar-refractivity contribution in [3.63, 3.8) is 0 Å².